The molecule has 0 bridgehead atoms. The number of halogens is 1. The van der Waals surface area contributed by atoms with Crippen molar-refractivity contribution < 1.29 is 22.6 Å². The summed E-state index contributed by atoms with van der Waals surface area (Å²) in [6, 6.07) is 12.6. The SMILES string of the molecule is COc1ccccc1OCCNC(C)Cc1ccc(OC)c(S(N)(=O)=O)c1.Cl. The fourth-order valence-corrected chi connectivity index (χ4v) is 3.45. The van der Waals surface area contributed by atoms with Crippen molar-refractivity contribution in [3.05, 3.63) is 48.0 Å². The van der Waals surface area contributed by atoms with Crippen LogP contribution in [0.4, 0.5) is 0 Å². The molecular formula is C19H27ClN2O5S. The number of hydrogen-bond acceptors (Lipinski definition) is 6. The third kappa shape index (κ3) is 6.87. The van der Waals surface area contributed by atoms with Crippen molar-refractivity contribution in [1.29, 1.82) is 0 Å². The van der Waals surface area contributed by atoms with Gasteiger partial charge in [0, 0.05) is 12.6 Å². The lowest BCUT2D eigenvalue weighted by atomic mass is 10.1. The minimum Gasteiger partial charge on any atom is -0.495 e. The third-order valence-electron chi connectivity index (χ3n) is 4.00. The Labute approximate surface area is 172 Å². The van der Waals surface area contributed by atoms with Crippen LogP contribution in [0.5, 0.6) is 17.2 Å². The highest BCUT2D eigenvalue weighted by Gasteiger charge is 2.16. The van der Waals surface area contributed by atoms with Gasteiger partial charge in [-0.2, -0.15) is 0 Å². The highest BCUT2D eigenvalue weighted by molar-refractivity contribution is 7.89. The number of hydrogen-bond donors (Lipinski definition) is 2. The predicted octanol–water partition coefficient (Wildman–Crippen LogP) is 2.37. The Hall–Kier alpha value is -2.00. The van der Waals surface area contributed by atoms with Crippen molar-refractivity contribution in [1.82, 2.24) is 5.32 Å². The standard InChI is InChI=1S/C19H26N2O5S.ClH/c1-14(21-10-11-26-17-7-5-4-6-16(17)24-2)12-15-8-9-18(25-3)19(13-15)27(20,22)23;/h4-9,13-14,21H,10-12H2,1-3H3,(H2,20,22,23);1H. The van der Waals surface area contributed by atoms with Crippen molar-refractivity contribution in [2.24, 2.45) is 5.14 Å². The minimum atomic E-state index is -3.84. The molecule has 0 aliphatic carbocycles. The molecule has 0 amide bonds. The molecule has 0 aliphatic rings. The smallest absolute Gasteiger partial charge is 0.241 e. The number of sulfonamides is 1. The predicted molar refractivity (Wildman–Crippen MR) is 111 cm³/mol. The summed E-state index contributed by atoms with van der Waals surface area (Å²) in [5.74, 6) is 1.63. The highest BCUT2D eigenvalue weighted by Crippen LogP contribution is 2.26. The molecule has 0 spiro atoms. The first-order chi connectivity index (χ1) is 12.8. The van der Waals surface area contributed by atoms with Crippen LogP contribution in [0.2, 0.25) is 0 Å². The van der Waals surface area contributed by atoms with Gasteiger partial charge in [-0.05, 0) is 43.2 Å². The van der Waals surface area contributed by atoms with E-state index in [9.17, 15) is 8.42 Å². The Morgan fingerprint density at radius 2 is 1.68 bits per heavy atom. The van der Waals surface area contributed by atoms with Crippen molar-refractivity contribution in [2.45, 2.75) is 24.3 Å². The highest BCUT2D eigenvalue weighted by atomic mass is 35.5. The topological polar surface area (TPSA) is 99.9 Å². The van der Waals surface area contributed by atoms with Gasteiger partial charge in [-0.25, -0.2) is 13.6 Å². The Morgan fingerprint density at radius 1 is 1.04 bits per heavy atom. The van der Waals surface area contributed by atoms with Crippen LogP contribution in [0.15, 0.2) is 47.4 Å². The van der Waals surface area contributed by atoms with E-state index in [0.29, 0.717) is 31.1 Å². The van der Waals surface area contributed by atoms with Crippen molar-refractivity contribution >= 4 is 22.4 Å². The number of benzene rings is 2. The molecule has 156 valence electrons. The molecule has 0 fully saturated rings. The second-order valence-electron chi connectivity index (χ2n) is 6.09. The van der Waals surface area contributed by atoms with Crippen LogP contribution in [0, 0.1) is 0 Å². The molecule has 0 aliphatic heterocycles. The number of para-hydroxylation sites is 2. The van der Waals surface area contributed by atoms with Crippen LogP contribution in [0.25, 0.3) is 0 Å². The maximum Gasteiger partial charge on any atom is 0.241 e. The first-order valence-corrected chi connectivity index (χ1v) is 10.1. The maximum absolute atomic E-state index is 11.7. The average molecular weight is 431 g/mol. The molecule has 0 saturated heterocycles. The molecule has 2 rings (SSSR count). The van der Waals surface area contributed by atoms with E-state index in [2.05, 4.69) is 5.32 Å². The summed E-state index contributed by atoms with van der Waals surface area (Å²) in [6.45, 7) is 3.14. The van der Waals surface area contributed by atoms with Gasteiger partial charge in [0.25, 0.3) is 0 Å². The molecule has 1 atom stereocenters. The lowest BCUT2D eigenvalue weighted by Gasteiger charge is -2.16. The summed E-state index contributed by atoms with van der Waals surface area (Å²) in [5, 5.41) is 8.61. The maximum atomic E-state index is 11.7. The van der Waals surface area contributed by atoms with Gasteiger partial charge in [0.15, 0.2) is 11.5 Å². The number of rotatable bonds is 10. The van der Waals surface area contributed by atoms with Gasteiger partial charge in [-0.1, -0.05) is 18.2 Å². The van der Waals surface area contributed by atoms with Gasteiger partial charge in [0.05, 0.1) is 14.2 Å². The van der Waals surface area contributed by atoms with E-state index in [1.165, 1.54) is 7.11 Å². The fourth-order valence-electron chi connectivity index (χ4n) is 2.70. The number of methoxy groups -OCH3 is 2. The van der Waals surface area contributed by atoms with E-state index in [0.717, 1.165) is 5.56 Å². The van der Waals surface area contributed by atoms with Crippen LogP contribution in [-0.4, -0.2) is 41.8 Å². The van der Waals surface area contributed by atoms with E-state index in [-0.39, 0.29) is 29.1 Å². The normalized spacial score (nSPS) is 12.0. The number of nitrogens with two attached hydrogens (primary N) is 1. The summed E-state index contributed by atoms with van der Waals surface area (Å²) in [4.78, 5) is -0.00536. The molecule has 0 heterocycles. The zero-order valence-corrected chi connectivity index (χ0v) is 17.8. The van der Waals surface area contributed by atoms with Crippen molar-refractivity contribution in [3.63, 3.8) is 0 Å². The number of ether oxygens (including phenoxy) is 3. The number of primary sulfonamides is 1. The fraction of sp³-hybridized carbons (Fsp3) is 0.368. The molecule has 0 radical (unpaired) electrons. The average Bonchev–Trinajstić information content (AvgIpc) is 2.64. The van der Waals surface area contributed by atoms with Gasteiger partial charge in [0.2, 0.25) is 10.0 Å². The zero-order chi connectivity index (χ0) is 19.9. The second kappa shape index (κ2) is 11.1. The Kier molecular flexibility index (Phi) is 9.54. The number of nitrogens with one attached hydrogen (secondary N) is 1. The van der Waals surface area contributed by atoms with Crippen molar-refractivity contribution in [3.8, 4) is 17.2 Å². The van der Waals surface area contributed by atoms with E-state index in [1.807, 2.05) is 37.3 Å². The minimum absolute atomic E-state index is 0. The molecule has 1 unspecified atom stereocenters. The van der Waals surface area contributed by atoms with Crippen LogP contribution in [0.3, 0.4) is 0 Å². The van der Waals surface area contributed by atoms with Crippen LogP contribution >= 0.6 is 12.4 Å². The van der Waals surface area contributed by atoms with E-state index >= 15 is 0 Å². The van der Waals surface area contributed by atoms with Gasteiger partial charge in [0.1, 0.15) is 17.3 Å². The lowest BCUT2D eigenvalue weighted by Crippen LogP contribution is -2.32. The largest absolute Gasteiger partial charge is 0.495 e. The first-order valence-electron chi connectivity index (χ1n) is 8.54. The summed E-state index contributed by atoms with van der Waals surface area (Å²) in [7, 11) is -0.823. The second-order valence-corrected chi connectivity index (χ2v) is 7.62. The zero-order valence-electron chi connectivity index (χ0n) is 16.2. The Balaban J connectivity index is 0.00000392. The van der Waals surface area contributed by atoms with E-state index in [1.54, 1.807) is 19.2 Å². The summed E-state index contributed by atoms with van der Waals surface area (Å²) in [6.07, 6.45) is 0.640. The van der Waals surface area contributed by atoms with Gasteiger partial charge in [-0.3, -0.25) is 0 Å². The van der Waals surface area contributed by atoms with Gasteiger partial charge < -0.3 is 19.5 Å². The van der Waals surface area contributed by atoms with Crippen LogP contribution < -0.4 is 24.7 Å². The van der Waals surface area contributed by atoms with Crippen LogP contribution in [0.1, 0.15) is 12.5 Å². The molecule has 7 nitrogen and oxygen atoms in total. The molecule has 0 saturated carbocycles. The summed E-state index contributed by atoms with van der Waals surface area (Å²) in [5.41, 5.74) is 0.852. The molecule has 2 aromatic carbocycles. The summed E-state index contributed by atoms with van der Waals surface area (Å²) >= 11 is 0. The molecule has 28 heavy (non-hydrogen) atoms. The Bertz CT molecular complexity index is 861. The van der Waals surface area contributed by atoms with Gasteiger partial charge in [-0.15, -0.1) is 12.4 Å². The van der Waals surface area contributed by atoms with Crippen molar-refractivity contribution in [2.75, 3.05) is 27.4 Å². The van der Waals surface area contributed by atoms with E-state index < -0.39 is 10.0 Å². The Morgan fingerprint density at radius 3 is 2.29 bits per heavy atom. The molecule has 3 N–H and O–H groups in total. The van der Waals surface area contributed by atoms with Crippen LogP contribution in [-0.2, 0) is 16.4 Å². The molecule has 2 aromatic rings. The third-order valence-corrected chi connectivity index (χ3v) is 4.93. The monoisotopic (exact) mass is 430 g/mol. The molecule has 9 heteroatoms. The first kappa shape index (κ1) is 24.0. The summed E-state index contributed by atoms with van der Waals surface area (Å²) < 4.78 is 39.4. The molecule has 0 aromatic heterocycles. The quantitative estimate of drug-likeness (QED) is 0.561. The molecular weight excluding hydrogens is 404 g/mol. The van der Waals surface area contributed by atoms with Gasteiger partial charge >= 0.3 is 0 Å². The lowest BCUT2D eigenvalue weighted by molar-refractivity contribution is 0.287. The van der Waals surface area contributed by atoms with E-state index in [4.69, 9.17) is 19.3 Å².